The molecule has 1 unspecified atom stereocenters. The summed E-state index contributed by atoms with van der Waals surface area (Å²) in [6, 6.07) is 0. The third-order valence-electron chi connectivity index (χ3n) is 2.34. The molecule has 0 amide bonds. The Kier molecular flexibility index (Phi) is 4.58. The van der Waals surface area contributed by atoms with Crippen molar-refractivity contribution in [2.24, 2.45) is 5.92 Å². The van der Waals surface area contributed by atoms with E-state index in [1.54, 1.807) is 6.92 Å². The van der Waals surface area contributed by atoms with Crippen LogP contribution in [0.25, 0.3) is 0 Å². The SMILES string of the molecule is CC(O)OCCC1CCNCC1. The quantitative estimate of drug-likeness (QED) is 0.616. The van der Waals surface area contributed by atoms with Crippen molar-refractivity contribution in [3.8, 4) is 0 Å². The zero-order chi connectivity index (χ0) is 8.81. The maximum atomic E-state index is 8.85. The highest BCUT2D eigenvalue weighted by atomic mass is 16.6. The molecule has 72 valence electrons. The fourth-order valence-electron chi connectivity index (χ4n) is 1.58. The number of nitrogens with one attached hydrogen (secondary N) is 1. The van der Waals surface area contributed by atoms with E-state index >= 15 is 0 Å². The Morgan fingerprint density at radius 1 is 1.50 bits per heavy atom. The van der Waals surface area contributed by atoms with E-state index in [0.717, 1.165) is 25.4 Å². The standard InChI is InChI=1S/C9H19NO2/c1-8(11)12-7-4-9-2-5-10-6-3-9/h8-11H,2-7H2,1H3. The number of hydrogen-bond donors (Lipinski definition) is 2. The van der Waals surface area contributed by atoms with Gasteiger partial charge in [0.05, 0.1) is 0 Å². The molecule has 1 aliphatic heterocycles. The topological polar surface area (TPSA) is 41.5 Å². The van der Waals surface area contributed by atoms with E-state index in [2.05, 4.69) is 5.32 Å². The van der Waals surface area contributed by atoms with Crippen molar-refractivity contribution >= 4 is 0 Å². The number of aliphatic hydroxyl groups is 1. The van der Waals surface area contributed by atoms with Crippen molar-refractivity contribution < 1.29 is 9.84 Å². The Bertz CT molecular complexity index is 111. The summed E-state index contributed by atoms with van der Waals surface area (Å²) in [4.78, 5) is 0. The Morgan fingerprint density at radius 3 is 2.75 bits per heavy atom. The summed E-state index contributed by atoms with van der Waals surface area (Å²) in [5, 5.41) is 12.2. The molecule has 3 nitrogen and oxygen atoms in total. The lowest BCUT2D eigenvalue weighted by Crippen LogP contribution is -2.28. The van der Waals surface area contributed by atoms with Gasteiger partial charge in [0.15, 0.2) is 6.29 Å². The third kappa shape index (κ3) is 4.04. The number of hydrogen-bond acceptors (Lipinski definition) is 3. The van der Waals surface area contributed by atoms with Crippen LogP contribution in [0.15, 0.2) is 0 Å². The summed E-state index contributed by atoms with van der Waals surface area (Å²) in [7, 11) is 0. The molecule has 0 radical (unpaired) electrons. The van der Waals surface area contributed by atoms with Gasteiger partial charge in [-0.05, 0) is 45.2 Å². The first-order chi connectivity index (χ1) is 5.79. The van der Waals surface area contributed by atoms with E-state index in [1.165, 1.54) is 12.8 Å². The lowest BCUT2D eigenvalue weighted by atomic mass is 9.95. The summed E-state index contributed by atoms with van der Waals surface area (Å²) in [6.45, 7) is 4.63. The largest absolute Gasteiger partial charge is 0.368 e. The highest BCUT2D eigenvalue weighted by Crippen LogP contribution is 2.15. The monoisotopic (exact) mass is 173 g/mol. The van der Waals surface area contributed by atoms with Gasteiger partial charge in [-0.2, -0.15) is 0 Å². The molecular formula is C9H19NO2. The zero-order valence-electron chi connectivity index (χ0n) is 7.75. The molecule has 0 spiro atoms. The number of piperidine rings is 1. The van der Waals surface area contributed by atoms with Gasteiger partial charge in [0, 0.05) is 6.61 Å². The van der Waals surface area contributed by atoms with Gasteiger partial charge >= 0.3 is 0 Å². The first kappa shape index (κ1) is 9.96. The highest BCUT2D eigenvalue weighted by Gasteiger charge is 2.12. The van der Waals surface area contributed by atoms with Crippen molar-refractivity contribution in [1.29, 1.82) is 0 Å². The van der Waals surface area contributed by atoms with Crippen molar-refractivity contribution in [3.05, 3.63) is 0 Å². The molecule has 0 aromatic carbocycles. The minimum absolute atomic E-state index is 0.605. The molecule has 1 fully saturated rings. The maximum Gasteiger partial charge on any atom is 0.151 e. The molecule has 0 bridgehead atoms. The molecule has 12 heavy (non-hydrogen) atoms. The van der Waals surface area contributed by atoms with Gasteiger partial charge in [0.25, 0.3) is 0 Å². The normalized spacial score (nSPS) is 22.5. The van der Waals surface area contributed by atoms with Gasteiger partial charge in [-0.25, -0.2) is 0 Å². The van der Waals surface area contributed by atoms with E-state index in [9.17, 15) is 0 Å². The fraction of sp³-hybridized carbons (Fsp3) is 1.00. The van der Waals surface area contributed by atoms with Crippen molar-refractivity contribution in [3.63, 3.8) is 0 Å². The average molecular weight is 173 g/mol. The van der Waals surface area contributed by atoms with E-state index in [-0.39, 0.29) is 0 Å². The Hall–Kier alpha value is -0.120. The lowest BCUT2D eigenvalue weighted by Gasteiger charge is -2.22. The Balaban J connectivity index is 1.98. The van der Waals surface area contributed by atoms with Crippen LogP contribution in [0.1, 0.15) is 26.2 Å². The van der Waals surface area contributed by atoms with Crippen molar-refractivity contribution in [1.82, 2.24) is 5.32 Å². The third-order valence-corrected chi connectivity index (χ3v) is 2.34. The molecule has 0 aromatic heterocycles. The molecule has 1 saturated heterocycles. The van der Waals surface area contributed by atoms with Gasteiger partial charge in [-0.1, -0.05) is 0 Å². The minimum atomic E-state index is -0.605. The minimum Gasteiger partial charge on any atom is -0.368 e. The van der Waals surface area contributed by atoms with E-state index in [1.807, 2.05) is 0 Å². The van der Waals surface area contributed by atoms with Crippen molar-refractivity contribution in [2.75, 3.05) is 19.7 Å². The van der Waals surface area contributed by atoms with Gasteiger partial charge < -0.3 is 15.2 Å². The lowest BCUT2D eigenvalue weighted by molar-refractivity contribution is -0.0887. The van der Waals surface area contributed by atoms with Crippen molar-refractivity contribution in [2.45, 2.75) is 32.5 Å². The molecular weight excluding hydrogens is 154 g/mol. The molecule has 1 atom stereocenters. The first-order valence-corrected chi connectivity index (χ1v) is 4.79. The van der Waals surface area contributed by atoms with Crippen LogP contribution in [0.4, 0.5) is 0 Å². The van der Waals surface area contributed by atoms with Gasteiger partial charge in [0.2, 0.25) is 0 Å². The molecule has 1 heterocycles. The Labute approximate surface area is 74.1 Å². The highest BCUT2D eigenvalue weighted by molar-refractivity contribution is 4.67. The molecule has 0 saturated carbocycles. The summed E-state index contributed by atoms with van der Waals surface area (Å²) >= 11 is 0. The van der Waals surface area contributed by atoms with Crippen LogP contribution in [0.5, 0.6) is 0 Å². The maximum absolute atomic E-state index is 8.85. The molecule has 0 aromatic rings. The van der Waals surface area contributed by atoms with Crippen LogP contribution >= 0.6 is 0 Å². The number of aliphatic hydroxyl groups excluding tert-OH is 1. The van der Waals surface area contributed by atoms with Crippen LogP contribution in [-0.4, -0.2) is 31.1 Å². The van der Waals surface area contributed by atoms with Gasteiger partial charge in [-0.3, -0.25) is 0 Å². The van der Waals surface area contributed by atoms with Crippen LogP contribution in [0, 0.1) is 5.92 Å². The number of rotatable bonds is 4. The zero-order valence-corrected chi connectivity index (χ0v) is 7.75. The molecule has 0 aliphatic carbocycles. The predicted octanol–water partition coefficient (Wildman–Crippen LogP) is 0.731. The second-order valence-corrected chi connectivity index (χ2v) is 3.45. The van der Waals surface area contributed by atoms with Crippen LogP contribution < -0.4 is 5.32 Å². The van der Waals surface area contributed by atoms with Crippen LogP contribution in [-0.2, 0) is 4.74 Å². The predicted molar refractivity (Wildman–Crippen MR) is 47.8 cm³/mol. The fourth-order valence-corrected chi connectivity index (χ4v) is 1.58. The molecule has 3 heteroatoms. The smallest absolute Gasteiger partial charge is 0.151 e. The van der Waals surface area contributed by atoms with Crippen LogP contribution in [0.2, 0.25) is 0 Å². The summed E-state index contributed by atoms with van der Waals surface area (Å²) in [5.41, 5.74) is 0. The van der Waals surface area contributed by atoms with E-state index < -0.39 is 6.29 Å². The number of ether oxygens (including phenoxy) is 1. The molecule has 2 N–H and O–H groups in total. The Morgan fingerprint density at radius 2 is 2.17 bits per heavy atom. The summed E-state index contributed by atoms with van der Waals surface area (Å²) in [6.07, 6.45) is 2.99. The second kappa shape index (κ2) is 5.51. The van der Waals surface area contributed by atoms with Gasteiger partial charge in [-0.15, -0.1) is 0 Å². The molecule has 1 aliphatic rings. The van der Waals surface area contributed by atoms with E-state index in [0.29, 0.717) is 6.61 Å². The second-order valence-electron chi connectivity index (χ2n) is 3.45. The van der Waals surface area contributed by atoms with Gasteiger partial charge in [0.1, 0.15) is 0 Å². The van der Waals surface area contributed by atoms with E-state index in [4.69, 9.17) is 9.84 Å². The average Bonchev–Trinajstić information content (AvgIpc) is 2.05. The summed E-state index contributed by atoms with van der Waals surface area (Å²) < 4.78 is 5.08. The first-order valence-electron chi connectivity index (χ1n) is 4.79. The van der Waals surface area contributed by atoms with Crippen LogP contribution in [0.3, 0.4) is 0 Å². The summed E-state index contributed by atoms with van der Waals surface area (Å²) in [5.74, 6) is 0.796. The molecule has 1 rings (SSSR count).